The van der Waals surface area contributed by atoms with Gasteiger partial charge in [0.1, 0.15) is 12.1 Å². The zero-order valence-electron chi connectivity index (χ0n) is 9.55. The van der Waals surface area contributed by atoms with E-state index in [1.807, 2.05) is 0 Å². The Hall–Kier alpha value is -1.86. The number of amides is 1. The van der Waals surface area contributed by atoms with Gasteiger partial charge in [-0.25, -0.2) is 0 Å². The fourth-order valence-electron chi connectivity index (χ4n) is 1.08. The van der Waals surface area contributed by atoms with Crippen molar-refractivity contribution in [1.29, 1.82) is 0 Å². The van der Waals surface area contributed by atoms with Crippen LogP contribution < -0.4 is 16.2 Å². The van der Waals surface area contributed by atoms with E-state index >= 15 is 0 Å². The minimum Gasteiger partial charge on any atom is -0.483 e. The van der Waals surface area contributed by atoms with Crippen molar-refractivity contribution in [3.63, 3.8) is 0 Å². The predicted molar refractivity (Wildman–Crippen MR) is 65.4 cm³/mol. The van der Waals surface area contributed by atoms with Gasteiger partial charge >= 0.3 is 5.69 Å². The number of nitrogens with zero attached hydrogens (tertiary/aromatic N) is 1. The van der Waals surface area contributed by atoms with E-state index in [9.17, 15) is 14.9 Å². The fourth-order valence-corrected chi connectivity index (χ4v) is 1.30. The minimum atomic E-state index is -1.44. The van der Waals surface area contributed by atoms with Gasteiger partial charge in [-0.1, -0.05) is 17.7 Å². The molecule has 4 N–H and O–H groups in total. The van der Waals surface area contributed by atoms with Crippen LogP contribution in [0.3, 0.4) is 0 Å². The maximum Gasteiger partial charge on any atom is 0.312 e. The van der Waals surface area contributed by atoms with Gasteiger partial charge in [0.25, 0.3) is 0 Å². The lowest BCUT2D eigenvalue weighted by atomic mass is 10.1. The van der Waals surface area contributed by atoms with Crippen molar-refractivity contribution in [2.45, 2.75) is 12.5 Å². The topological polar surface area (TPSA) is 121 Å². The molecule has 0 radical (unpaired) electrons. The number of nitro benzene ring substituents is 1. The lowest BCUT2D eigenvalue weighted by Crippen LogP contribution is -2.53. The van der Waals surface area contributed by atoms with E-state index in [1.165, 1.54) is 25.1 Å². The standard InChI is InChI=1S/C10H12ClN3O4/c1-10(13,9(12)15)5-18-8-6(11)3-2-4-7(8)14(16)17/h2-4H,5,13H2,1H3,(H2,12,15). The van der Waals surface area contributed by atoms with E-state index in [1.54, 1.807) is 0 Å². The van der Waals surface area contributed by atoms with E-state index < -0.39 is 16.4 Å². The maximum absolute atomic E-state index is 11.0. The van der Waals surface area contributed by atoms with Crippen LogP contribution in [0, 0.1) is 10.1 Å². The second-order valence-electron chi connectivity index (χ2n) is 3.92. The molecule has 0 saturated carbocycles. The highest BCUT2D eigenvalue weighted by Crippen LogP contribution is 2.34. The largest absolute Gasteiger partial charge is 0.483 e. The Morgan fingerprint density at radius 2 is 2.22 bits per heavy atom. The molecule has 1 aromatic rings. The third kappa shape index (κ3) is 3.08. The van der Waals surface area contributed by atoms with E-state index in [0.717, 1.165) is 0 Å². The number of carbonyl (C=O) groups is 1. The first-order valence-corrected chi connectivity index (χ1v) is 5.28. The number of nitro groups is 1. The number of nitrogens with two attached hydrogens (primary N) is 2. The molecule has 0 aliphatic carbocycles. The number of rotatable bonds is 5. The van der Waals surface area contributed by atoms with Gasteiger partial charge in [0, 0.05) is 6.07 Å². The van der Waals surface area contributed by atoms with Crippen molar-refractivity contribution in [2.24, 2.45) is 11.5 Å². The third-order valence-electron chi connectivity index (χ3n) is 2.22. The summed E-state index contributed by atoms with van der Waals surface area (Å²) in [6.45, 7) is 1.05. The lowest BCUT2D eigenvalue weighted by Gasteiger charge is -2.20. The molecule has 0 spiro atoms. The molecule has 1 unspecified atom stereocenters. The Labute approximate surface area is 108 Å². The van der Waals surface area contributed by atoms with Crippen LogP contribution in [0.4, 0.5) is 5.69 Å². The molecular weight excluding hydrogens is 262 g/mol. The van der Waals surface area contributed by atoms with Gasteiger partial charge in [0.05, 0.1) is 9.95 Å². The second kappa shape index (κ2) is 5.19. The summed E-state index contributed by atoms with van der Waals surface area (Å²) in [7, 11) is 0. The highest BCUT2D eigenvalue weighted by molar-refractivity contribution is 6.32. The number of primary amides is 1. The molecular formula is C10H12ClN3O4. The molecule has 1 aromatic carbocycles. The Bertz CT molecular complexity index is 490. The first-order valence-electron chi connectivity index (χ1n) is 4.90. The number of para-hydroxylation sites is 1. The first kappa shape index (κ1) is 14.2. The molecule has 7 nitrogen and oxygen atoms in total. The molecule has 0 aliphatic heterocycles. The molecule has 0 bridgehead atoms. The highest BCUT2D eigenvalue weighted by Gasteiger charge is 2.29. The summed E-state index contributed by atoms with van der Waals surface area (Å²) in [5, 5.41) is 10.8. The van der Waals surface area contributed by atoms with E-state index in [-0.39, 0.29) is 23.1 Å². The van der Waals surface area contributed by atoms with Crippen LogP contribution in [-0.4, -0.2) is 23.0 Å². The monoisotopic (exact) mass is 273 g/mol. The highest BCUT2D eigenvalue weighted by atomic mass is 35.5. The van der Waals surface area contributed by atoms with Crippen molar-refractivity contribution in [3.05, 3.63) is 33.3 Å². The van der Waals surface area contributed by atoms with Gasteiger partial charge in [0.2, 0.25) is 11.7 Å². The van der Waals surface area contributed by atoms with Crippen LogP contribution in [0.2, 0.25) is 5.02 Å². The van der Waals surface area contributed by atoms with Crippen molar-refractivity contribution in [1.82, 2.24) is 0 Å². The summed E-state index contributed by atoms with van der Waals surface area (Å²) in [6, 6.07) is 4.09. The molecule has 0 saturated heterocycles. The van der Waals surface area contributed by atoms with Crippen LogP contribution in [0.15, 0.2) is 18.2 Å². The molecule has 1 atom stereocenters. The molecule has 1 amide bonds. The Morgan fingerprint density at radius 3 is 2.72 bits per heavy atom. The Morgan fingerprint density at radius 1 is 1.61 bits per heavy atom. The van der Waals surface area contributed by atoms with Crippen LogP contribution in [0.25, 0.3) is 0 Å². The maximum atomic E-state index is 11.0. The average Bonchev–Trinajstić information content (AvgIpc) is 2.26. The van der Waals surface area contributed by atoms with Gasteiger partial charge in [-0.05, 0) is 13.0 Å². The van der Waals surface area contributed by atoms with Crippen molar-refractivity contribution >= 4 is 23.2 Å². The number of benzene rings is 1. The molecule has 18 heavy (non-hydrogen) atoms. The lowest BCUT2D eigenvalue weighted by molar-refractivity contribution is -0.385. The summed E-state index contributed by atoms with van der Waals surface area (Å²) >= 11 is 5.80. The predicted octanol–water partition coefficient (Wildman–Crippen LogP) is 0.830. The number of hydrogen-bond donors (Lipinski definition) is 2. The second-order valence-corrected chi connectivity index (χ2v) is 4.32. The zero-order valence-corrected chi connectivity index (χ0v) is 10.3. The molecule has 0 heterocycles. The normalized spacial score (nSPS) is 13.7. The summed E-state index contributed by atoms with van der Waals surface area (Å²) in [5.41, 5.74) is 8.89. The van der Waals surface area contributed by atoms with Gasteiger partial charge in [-0.2, -0.15) is 0 Å². The summed E-state index contributed by atoms with van der Waals surface area (Å²) in [5.74, 6) is -0.917. The van der Waals surface area contributed by atoms with Crippen LogP contribution in [0.1, 0.15) is 6.92 Å². The first-order chi connectivity index (χ1) is 8.25. The number of ether oxygens (including phenoxy) is 1. The van der Waals surface area contributed by atoms with Gasteiger partial charge in [-0.3, -0.25) is 14.9 Å². The molecule has 0 aromatic heterocycles. The van der Waals surface area contributed by atoms with Crippen LogP contribution in [0.5, 0.6) is 5.75 Å². The van der Waals surface area contributed by atoms with E-state index in [4.69, 9.17) is 27.8 Å². The molecule has 0 aliphatic rings. The van der Waals surface area contributed by atoms with Gasteiger partial charge < -0.3 is 16.2 Å². The third-order valence-corrected chi connectivity index (χ3v) is 2.52. The number of carbonyl (C=O) groups excluding carboxylic acids is 1. The molecule has 98 valence electrons. The van der Waals surface area contributed by atoms with Crippen molar-refractivity contribution in [3.8, 4) is 5.75 Å². The van der Waals surface area contributed by atoms with Gasteiger partial charge in [-0.15, -0.1) is 0 Å². The van der Waals surface area contributed by atoms with E-state index in [0.29, 0.717) is 0 Å². The fraction of sp³-hybridized carbons (Fsp3) is 0.300. The SMILES string of the molecule is CC(N)(COc1c(Cl)cccc1[N+](=O)[O-])C(N)=O. The smallest absolute Gasteiger partial charge is 0.312 e. The molecule has 0 fully saturated rings. The minimum absolute atomic E-state index is 0.0597. The Balaban J connectivity index is 2.98. The van der Waals surface area contributed by atoms with E-state index in [2.05, 4.69) is 0 Å². The van der Waals surface area contributed by atoms with Crippen LogP contribution >= 0.6 is 11.6 Å². The van der Waals surface area contributed by atoms with Crippen molar-refractivity contribution < 1.29 is 14.5 Å². The summed E-state index contributed by atoms with van der Waals surface area (Å²) in [4.78, 5) is 21.1. The van der Waals surface area contributed by atoms with Crippen molar-refractivity contribution in [2.75, 3.05) is 6.61 Å². The number of halogens is 1. The Kier molecular flexibility index (Phi) is 4.10. The summed E-state index contributed by atoms with van der Waals surface area (Å²) < 4.78 is 5.16. The average molecular weight is 274 g/mol. The zero-order chi connectivity index (χ0) is 13.9. The van der Waals surface area contributed by atoms with Gasteiger partial charge in [0.15, 0.2) is 0 Å². The molecule has 8 heteroatoms. The molecule has 1 rings (SSSR count). The number of hydrogen-bond acceptors (Lipinski definition) is 5. The van der Waals surface area contributed by atoms with Crippen LogP contribution in [-0.2, 0) is 4.79 Å². The summed E-state index contributed by atoms with van der Waals surface area (Å²) in [6.07, 6.45) is 0. The quantitative estimate of drug-likeness (QED) is 0.608.